The number of hydrogen-bond donors (Lipinski definition) is 1. The van der Waals surface area contributed by atoms with Gasteiger partial charge in [-0.1, -0.05) is 60.2 Å². The summed E-state index contributed by atoms with van der Waals surface area (Å²) in [6, 6.07) is 17.0. The molecule has 0 saturated carbocycles. The van der Waals surface area contributed by atoms with Crippen LogP contribution in [0.5, 0.6) is 0 Å². The van der Waals surface area contributed by atoms with Gasteiger partial charge in [0.15, 0.2) is 0 Å². The molecular weight excluding hydrogens is 312 g/mol. The van der Waals surface area contributed by atoms with E-state index in [-0.39, 0.29) is 0 Å². The summed E-state index contributed by atoms with van der Waals surface area (Å²) in [4.78, 5) is 0. The molecule has 0 bridgehead atoms. The number of hydrogen-bond acceptors (Lipinski definition) is 3. The molecule has 23 heavy (non-hydrogen) atoms. The van der Waals surface area contributed by atoms with Gasteiger partial charge >= 0.3 is 10.3 Å². The van der Waals surface area contributed by atoms with E-state index in [1.807, 2.05) is 61.5 Å². The van der Waals surface area contributed by atoms with Gasteiger partial charge in [-0.25, -0.2) is 0 Å². The van der Waals surface area contributed by atoms with Crippen molar-refractivity contribution in [2.45, 2.75) is 13.8 Å². The zero-order valence-corrected chi connectivity index (χ0v) is 13.6. The molecular formula is C17H16N2O3S. The second kappa shape index (κ2) is 5.64. The lowest BCUT2D eigenvalue weighted by Crippen LogP contribution is -2.14. The summed E-state index contributed by atoms with van der Waals surface area (Å²) in [5, 5.41) is 4.14. The predicted molar refractivity (Wildman–Crippen MR) is 89.5 cm³/mol. The van der Waals surface area contributed by atoms with Crippen molar-refractivity contribution in [2.24, 2.45) is 0 Å². The van der Waals surface area contributed by atoms with E-state index < -0.39 is 10.3 Å². The van der Waals surface area contributed by atoms with E-state index in [4.69, 9.17) is 0 Å². The Morgan fingerprint density at radius 1 is 0.913 bits per heavy atom. The average molecular weight is 328 g/mol. The summed E-state index contributed by atoms with van der Waals surface area (Å²) in [5.41, 5.74) is 4.31. The molecule has 0 aliphatic heterocycles. The Kier molecular flexibility index (Phi) is 3.79. The molecule has 0 amide bonds. The second-order valence-corrected chi connectivity index (χ2v) is 6.60. The fourth-order valence-corrected chi connectivity index (χ4v) is 3.19. The molecule has 118 valence electrons. The van der Waals surface area contributed by atoms with Gasteiger partial charge in [-0.15, -0.1) is 4.09 Å². The van der Waals surface area contributed by atoms with Crippen LogP contribution in [0.1, 0.15) is 11.3 Å². The molecule has 1 N–H and O–H groups in total. The van der Waals surface area contributed by atoms with Crippen molar-refractivity contribution in [3.05, 3.63) is 65.9 Å². The SMILES string of the molecule is Cc1ccc(-c2nn(S(=O)(=O)O)c(C)c2-c2ccccc2)cc1. The molecule has 0 aliphatic rings. The standard InChI is InChI=1S/C17H16N2O3S/c1-12-8-10-15(11-9-12)17-16(14-6-4-3-5-7-14)13(2)19(18-17)23(20,21)22/h3-11H,1-2H3,(H,20,21,22). The minimum absolute atomic E-state index is 0.370. The fraction of sp³-hybridized carbons (Fsp3) is 0.118. The molecule has 6 heteroatoms. The van der Waals surface area contributed by atoms with Crippen LogP contribution in [0.15, 0.2) is 54.6 Å². The lowest BCUT2D eigenvalue weighted by molar-refractivity contribution is 0.464. The summed E-state index contributed by atoms with van der Waals surface area (Å²) in [6.45, 7) is 3.60. The van der Waals surface area contributed by atoms with E-state index in [1.54, 1.807) is 6.92 Å². The average Bonchev–Trinajstić information content (AvgIpc) is 2.86. The van der Waals surface area contributed by atoms with Gasteiger partial charge in [0, 0.05) is 11.1 Å². The van der Waals surface area contributed by atoms with Crippen LogP contribution in [0, 0.1) is 13.8 Å². The van der Waals surface area contributed by atoms with Crippen molar-refractivity contribution in [3.8, 4) is 22.4 Å². The predicted octanol–water partition coefficient (Wildman–Crippen LogP) is 3.48. The maximum Gasteiger partial charge on any atom is 0.379 e. The topological polar surface area (TPSA) is 72.2 Å². The molecule has 1 heterocycles. The van der Waals surface area contributed by atoms with Gasteiger partial charge in [-0.2, -0.15) is 13.5 Å². The molecule has 3 aromatic rings. The molecule has 0 aliphatic carbocycles. The van der Waals surface area contributed by atoms with Crippen LogP contribution in [0.25, 0.3) is 22.4 Å². The van der Waals surface area contributed by atoms with Gasteiger partial charge in [0.1, 0.15) is 5.69 Å². The number of benzene rings is 2. The van der Waals surface area contributed by atoms with Crippen LogP contribution in [0.3, 0.4) is 0 Å². The normalized spacial score (nSPS) is 11.6. The molecule has 2 aromatic carbocycles. The number of aryl methyl sites for hydroxylation is 1. The summed E-state index contributed by atoms with van der Waals surface area (Å²) >= 11 is 0. The molecule has 0 fully saturated rings. The van der Waals surface area contributed by atoms with E-state index in [2.05, 4.69) is 5.10 Å². The van der Waals surface area contributed by atoms with Gasteiger partial charge in [-0.3, -0.25) is 4.55 Å². The first-order valence-electron chi connectivity index (χ1n) is 7.08. The molecule has 0 spiro atoms. The Balaban J connectivity index is 2.32. The maximum atomic E-state index is 11.6. The Morgan fingerprint density at radius 3 is 2.09 bits per heavy atom. The first-order valence-corrected chi connectivity index (χ1v) is 8.47. The highest BCUT2D eigenvalue weighted by atomic mass is 32.2. The molecule has 1 aromatic heterocycles. The highest BCUT2D eigenvalue weighted by Gasteiger charge is 2.23. The van der Waals surface area contributed by atoms with E-state index in [0.717, 1.165) is 16.7 Å². The molecule has 0 unspecified atom stereocenters. The lowest BCUT2D eigenvalue weighted by Gasteiger charge is -2.05. The zero-order chi connectivity index (χ0) is 16.6. The third-order valence-corrected chi connectivity index (χ3v) is 4.47. The van der Waals surface area contributed by atoms with Gasteiger partial charge in [0.2, 0.25) is 0 Å². The van der Waals surface area contributed by atoms with E-state index >= 15 is 0 Å². The van der Waals surface area contributed by atoms with Crippen molar-refractivity contribution in [1.82, 2.24) is 9.19 Å². The van der Waals surface area contributed by atoms with E-state index in [1.165, 1.54) is 0 Å². The van der Waals surface area contributed by atoms with Gasteiger partial charge in [0.05, 0.1) is 5.69 Å². The van der Waals surface area contributed by atoms with Crippen molar-refractivity contribution in [3.63, 3.8) is 0 Å². The molecule has 0 saturated heterocycles. The zero-order valence-electron chi connectivity index (χ0n) is 12.8. The summed E-state index contributed by atoms with van der Waals surface area (Å²) < 4.78 is 33.3. The summed E-state index contributed by atoms with van der Waals surface area (Å²) in [6.07, 6.45) is 0. The minimum atomic E-state index is -4.45. The van der Waals surface area contributed by atoms with Crippen LogP contribution in [0.4, 0.5) is 0 Å². The fourth-order valence-electron chi connectivity index (χ4n) is 2.57. The molecule has 5 nitrogen and oxygen atoms in total. The Hall–Kier alpha value is -2.44. The Labute approximate surface area is 135 Å². The van der Waals surface area contributed by atoms with Gasteiger partial charge in [0.25, 0.3) is 0 Å². The number of nitrogens with zero attached hydrogens (tertiary/aromatic N) is 2. The van der Waals surface area contributed by atoms with Gasteiger partial charge in [-0.05, 0) is 19.4 Å². The van der Waals surface area contributed by atoms with Crippen molar-refractivity contribution < 1.29 is 13.0 Å². The first-order chi connectivity index (χ1) is 10.9. The van der Waals surface area contributed by atoms with E-state index in [9.17, 15) is 13.0 Å². The number of rotatable bonds is 3. The maximum absolute atomic E-state index is 11.6. The smallest absolute Gasteiger partial charge is 0.268 e. The van der Waals surface area contributed by atoms with Crippen LogP contribution >= 0.6 is 0 Å². The largest absolute Gasteiger partial charge is 0.379 e. The van der Waals surface area contributed by atoms with Crippen molar-refractivity contribution in [2.75, 3.05) is 0 Å². The highest BCUT2D eigenvalue weighted by Crippen LogP contribution is 2.34. The van der Waals surface area contributed by atoms with Gasteiger partial charge < -0.3 is 0 Å². The monoisotopic (exact) mass is 328 g/mol. The van der Waals surface area contributed by atoms with Crippen molar-refractivity contribution >= 4 is 10.3 Å². The van der Waals surface area contributed by atoms with Crippen LogP contribution in [-0.4, -0.2) is 22.2 Å². The molecule has 3 rings (SSSR count). The number of aromatic nitrogens is 2. The van der Waals surface area contributed by atoms with Crippen LogP contribution in [0.2, 0.25) is 0 Å². The third-order valence-electron chi connectivity index (χ3n) is 3.68. The van der Waals surface area contributed by atoms with Crippen molar-refractivity contribution in [1.29, 1.82) is 0 Å². The Bertz CT molecular complexity index is 944. The summed E-state index contributed by atoms with van der Waals surface area (Å²) in [5.74, 6) is 0. The highest BCUT2D eigenvalue weighted by molar-refractivity contribution is 7.84. The van der Waals surface area contributed by atoms with E-state index in [0.29, 0.717) is 21.0 Å². The second-order valence-electron chi connectivity index (χ2n) is 5.36. The molecule has 0 radical (unpaired) electrons. The molecule has 0 atom stereocenters. The Morgan fingerprint density at radius 2 is 1.52 bits per heavy atom. The lowest BCUT2D eigenvalue weighted by atomic mass is 9.99. The van der Waals surface area contributed by atoms with Crippen LogP contribution in [-0.2, 0) is 10.3 Å². The summed E-state index contributed by atoms with van der Waals surface area (Å²) in [7, 11) is -4.45. The quantitative estimate of drug-likeness (QED) is 0.747. The third kappa shape index (κ3) is 2.91. The minimum Gasteiger partial charge on any atom is -0.268 e. The van der Waals surface area contributed by atoms with Crippen LogP contribution < -0.4 is 0 Å². The first kappa shape index (κ1) is 15.5.